The highest BCUT2D eigenvalue weighted by molar-refractivity contribution is 5.98. The first-order chi connectivity index (χ1) is 14.5. The van der Waals surface area contributed by atoms with Crippen LogP contribution in [0.5, 0.6) is 0 Å². The summed E-state index contributed by atoms with van der Waals surface area (Å²) in [5.41, 5.74) is 4.80. The van der Waals surface area contributed by atoms with E-state index in [1.807, 2.05) is 0 Å². The summed E-state index contributed by atoms with van der Waals surface area (Å²) < 4.78 is 12.9. The minimum absolute atomic E-state index is 0.0355. The summed E-state index contributed by atoms with van der Waals surface area (Å²) in [7, 11) is 2.19. The third-order valence-electron chi connectivity index (χ3n) is 6.79. The Balaban J connectivity index is 1.37. The fourth-order valence-electron chi connectivity index (χ4n) is 5.27. The minimum atomic E-state index is -0.311. The monoisotopic (exact) mass is 409 g/mol. The minimum Gasteiger partial charge on any atom is -0.371 e. The van der Waals surface area contributed by atoms with Crippen LogP contribution >= 0.6 is 0 Å². The molecule has 0 amide bonds. The fourth-order valence-corrected chi connectivity index (χ4v) is 5.27. The molecule has 0 aliphatic carbocycles. The Hall–Kier alpha value is -2.40. The van der Waals surface area contributed by atoms with Gasteiger partial charge in [0.2, 0.25) is 0 Å². The molecule has 3 aliphatic rings. The Morgan fingerprint density at radius 2 is 2.10 bits per heavy atom. The lowest BCUT2D eigenvalue weighted by molar-refractivity contribution is -0.115. The Morgan fingerprint density at radius 3 is 2.87 bits per heavy atom. The van der Waals surface area contributed by atoms with Crippen molar-refractivity contribution >= 4 is 17.2 Å². The van der Waals surface area contributed by atoms with E-state index in [-0.39, 0.29) is 11.6 Å². The van der Waals surface area contributed by atoms with Gasteiger partial charge in [0.25, 0.3) is 0 Å². The molecule has 1 aromatic rings. The normalized spacial score (nSPS) is 24.0. The smallest absolute Gasteiger partial charge is 0.162 e. The van der Waals surface area contributed by atoms with E-state index in [1.54, 1.807) is 0 Å². The van der Waals surface area contributed by atoms with Crippen LogP contribution in [0.25, 0.3) is 0 Å². The van der Waals surface area contributed by atoms with E-state index in [0.717, 1.165) is 39.1 Å². The molecule has 2 atom stereocenters. The number of likely N-dealkylation sites (N-methyl/N-ethyl adjacent to an activating group) is 1. The summed E-state index contributed by atoms with van der Waals surface area (Å²) in [4.78, 5) is 19.9. The second-order valence-electron chi connectivity index (χ2n) is 8.70. The molecule has 5 heteroatoms. The molecule has 0 saturated carbocycles. The van der Waals surface area contributed by atoms with Crippen LogP contribution in [0.3, 0.4) is 0 Å². The van der Waals surface area contributed by atoms with E-state index in [0.29, 0.717) is 24.0 Å². The number of hydrogen-bond acceptors (Lipinski definition) is 4. The maximum Gasteiger partial charge on any atom is 0.162 e. The van der Waals surface area contributed by atoms with Crippen LogP contribution < -0.4 is 9.80 Å². The number of rotatable bonds is 7. The fraction of sp³-hybridized carbons (Fsp3) is 0.480. The van der Waals surface area contributed by atoms with Crippen molar-refractivity contribution in [3.63, 3.8) is 0 Å². The number of carbonyl (C=O) groups excluding carboxylic acids is 1. The number of ketones is 1. The Morgan fingerprint density at radius 1 is 1.27 bits per heavy atom. The largest absolute Gasteiger partial charge is 0.371 e. The van der Waals surface area contributed by atoms with Gasteiger partial charge in [-0.1, -0.05) is 24.8 Å². The molecule has 0 radical (unpaired) electrons. The lowest BCUT2D eigenvalue weighted by Gasteiger charge is -2.41. The molecule has 4 nitrogen and oxygen atoms in total. The third kappa shape index (κ3) is 3.95. The SMILES string of the molecule is C=C/C(=C\C=C(/C)F)C(=O)CCCN1CC[C@H]2[C@@H](C1)c1cccc3c1N2CCN3C. The molecule has 4 rings (SSSR count). The second kappa shape index (κ2) is 8.76. The van der Waals surface area contributed by atoms with Gasteiger partial charge in [-0.15, -0.1) is 0 Å². The van der Waals surface area contributed by atoms with Gasteiger partial charge < -0.3 is 14.7 Å². The molecule has 0 spiro atoms. The quantitative estimate of drug-likeness (QED) is 0.491. The van der Waals surface area contributed by atoms with Gasteiger partial charge in [-0.3, -0.25) is 4.79 Å². The van der Waals surface area contributed by atoms with E-state index < -0.39 is 0 Å². The highest BCUT2D eigenvalue weighted by Crippen LogP contribution is 2.50. The number of benzene rings is 1. The van der Waals surface area contributed by atoms with Gasteiger partial charge >= 0.3 is 0 Å². The van der Waals surface area contributed by atoms with Gasteiger partial charge in [-0.05, 0) is 50.1 Å². The summed E-state index contributed by atoms with van der Waals surface area (Å²) in [5.74, 6) is 0.278. The number of nitrogens with zero attached hydrogens (tertiary/aromatic N) is 3. The van der Waals surface area contributed by atoms with Crippen LogP contribution in [0.1, 0.15) is 37.7 Å². The topological polar surface area (TPSA) is 26.8 Å². The lowest BCUT2D eigenvalue weighted by atomic mass is 9.89. The molecule has 0 N–H and O–H groups in total. The number of piperidine rings is 1. The number of allylic oxidation sites excluding steroid dienone is 5. The third-order valence-corrected chi connectivity index (χ3v) is 6.79. The zero-order valence-electron chi connectivity index (χ0n) is 18.1. The van der Waals surface area contributed by atoms with Crippen LogP contribution in [0.15, 0.2) is 54.4 Å². The van der Waals surface area contributed by atoms with Gasteiger partial charge in [-0.2, -0.15) is 0 Å². The van der Waals surface area contributed by atoms with Crippen molar-refractivity contribution in [1.82, 2.24) is 4.90 Å². The summed E-state index contributed by atoms with van der Waals surface area (Å²) in [6.45, 7) is 10.3. The van der Waals surface area contributed by atoms with Gasteiger partial charge in [-0.25, -0.2) is 4.39 Å². The highest BCUT2D eigenvalue weighted by Gasteiger charge is 2.44. The van der Waals surface area contributed by atoms with Crippen molar-refractivity contribution in [2.24, 2.45) is 0 Å². The molecule has 3 heterocycles. The number of para-hydroxylation sites is 1. The van der Waals surface area contributed by atoms with Crippen molar-refractivity contribution in [2.75, 3.05) is 49.6 Å². The zero-order chi connectivity index (χ0) is 21.3. The number of fused-ring (bicyclic) bond motifs is 3. The van der Waals surface area contributed by atoms with Crippen LogP contribution in [0.4, 0.5) is 15.8 Å². The van der Waals surface area contributed by atoms with E-state index in [2.05, 4.69) is 46.5 Å². The van der Waals surface area contributed by atoms with Crippen molar-refractivity contribution < 1.29 is 9.18 Å². The maximum absolute atomic E-state index is 12.9. The lowest BCUT2D eigenvalue weighted by Crippen LogP contribution is -2.49. The van der Waals surface area contributed by atoms with Crippen molar-refractivity contribution in [1.29, 1.82) is 0 Å². The summed E-state index contributed by atoms with van der Waals surface area (Å²) >= 11 is 0. The molecular weight excluding hydrogens is 377 g/mol. The summed E-state index contributed by atoms with van der Waals surface area (Å²) in [5, 5.41) is 0. The molecule has 160 valence electrons. The molecule has 1 saturated heterocycles. The predicted molar refractivity (Wildman–Crippen MR) is 122 cm³/mol. The molecule has 0 unspecified atom stereocenters. The molecule has 3 aliphatic heterocycles. The molecular formula is C25H32FN3O. The standard InChI is InChI=1S/C25H32FN3O/c1-4-19(11-10-18(2)26)24(30)9-6-13-28-14-12-22-21(17-28)20-7-5-8-23-25(20)29(22)16-15-27(23)3/h4-5,7-8,10-11,21-22H,1,6,9,12-17H2,2-3H3/b18-10+,19-11+/t21-,22-/m0/s1. The number of Topliss-reactive ketones (excluding diaryl/α,β-unsaturated/α-hetero) is 1. The van der Waals surface area contributed by atoms with Gasteiger partial charge in [0.15, 0.2) is 5.78 Å². The number of anilines is 2. The van der Waals surface area contributed by atoms with E-state index in [1.165, 1.54) is 48.5 Å². The van der Waals surface area contributed by atoms with Crippen LogP contribution in [-0.4, -0.2) is 56.5 Å². The Kier molecular flexibility index (Phi) is 6.09. The summed E-state index contributed by atoms with van der Waals surface area (Å²) in [6.07, 6.45) is 6.83. The maximum atomic E-state index is 12.9. The van der Waals surface area contributed by atoms with Crippen molar-refractivity contribution in [2.45, 2.75) is 38.1 Å². The van der Waals surface area contributed by atoms with E-state index in [4.69, 9.17) is 0 Å². The van der Waals surface area contributed by atoms with E-state index in [9.17, 15) is 9.18 Å². The number of likely N-dealkylation sites (tertiary alicyclic amines) is 1. The average molecular weight is 410 g/mol. The number of halogens is 1. The van der Waals surface area contributed by atoms with E-state index >= 15 is 0 Å². The van der Waals surface area contributed by atoms with Gasteiger partial charge in [0, 0.05) is 57.2 Å². The Labute approximate surface area is 179 Å². The zero-order valence-corrected chi connectivity index (χ0v) is 18.1. The second-order valence-corrected chi connectivity index (χ2v) is 8.70. The predicted octanol–water partition coefficient (Wildman–Crippen LogP) is 4.45. The number of hydrogen-bond donors (Lipinski definition) is 0. The van der Waals surface area contributed by atoms with Crippen molar-refractivity contribution in [3.8, 4) is 0 Å². The highest BCUT2D eigenvalue weighted by atomic mass is 19.1. The first-order valence-electron chi connectivity index (χ1n) is 11.0. The Bertz CT molecular complexity index is 886. The van der Waals surface area contributed by atoms with Crippen LogP contribution in [0, 0.1) is 0 Å². The molecule has 1 fully saturated rings. The van der Waals surface area contributed by atoms with Crippen molar-refractivity contribution in [3.05, 3.63) is 60.0 Å². The molecule has 0 bridgehead atoms. The summed E-state index contributed by atoms with van der Waals surface area (Å²) in [6, 6.07) is 7.37. The number of carbonyl (C=O) groups is 1. The first-order valence-corrected chi connectivity index (χ1v) is 11.0. The van der Waals surface area contributed by atoms with Gasteiger partial charge in [0.05, 0.1) is 17.2 Å². The van der Waals surface area contributed by atoms with Crippen LogP contribution in [0.2, 0.25) is 0 Å². The van der Waals surface area contributed by atoms with Gasteiger partial charge in [0.1, 0.15) is 0 Å². The average Bonchev–Trinajstić information content (AvgIpc) is 3.05. The first kappa shape index (κ1) is 20.9. The van der Waals surface area contributed by atoms with Crippen LogP contribution in [-0.2, 0) is 4.79 Å². The molecule has 1 aromatic carbocycles. The molecule has 30 heavy (non-hydrogen) atoms. The molecule has 0 aromatic heterocycles.